The lowest BCUT2D eigenvalue weighted by Gasteiger charge is -2.72. The molecule has 0 radical (unpaired) electrons. The SMILES string of the molecule is CC(C)[C@@H](C)[C@@]1(C)CC[C@]2(C)[C@H]3CC[C@H]4[C@@]5(C)CO[C@@H](C)[C@@]4(CC(NN)[C@@H]5O)C3=CC[C@@]2(C)[C@@H]1C(=O)O. The highest BCUT2D eigenvalue weighted by Gasteiger charge is 2.72. The van der Waals surface area contributed by atoms with Crippen molar-refractivity contribution >= 4 is 5.97 Å². The van der Waals surface area contributed by atoms with Crippen LogP contribution in [-0.4, -0.2) is 41.0 Å². The molecule has 5 N–H and O–H groups in total. The normalized spacial score (nSPS) is 54.0. The Hall–Kier alpha value is -0.950. The third-order valence-corrected chi connectivity index (χ3v) is 13.9. The smallest absolute Gasteiger partial charge is 0.307 e. The molecule has 12 atom stereocenters. The highest BCUT2D eigenvalue weighted by molar-refractivity contribution is 5.73. The van der Waals surface area contributed by atoms with Crippen molar-refractivity contribution in [3.63, 3.8) is 0 Å². The fourth-order valence-corrected chi connectivity index (χ4v) is 11.1. The molecule has 6 nitrogen and oxygen atoms in total. The van der Waals surface area contributed by atoms with Crippen LogP contribution in [0.1, 0.15) is 93.9 Å². The molecule has 0 aromatic carbocycles. The lowest BCUT2D eigenvalue weighted by atomic mass is 9.33. The minimum absolute atomic E-state index is 0.0426. The van der Waals surface area contributed by atoms with E-state index >= 15 is 0 Å². The standard InChI is InChI=1S/C31H52N2O4/c1-17(2)18(3)27(5)13-14-29(7)20-9-10-23-28(6)16-37-19(4)31(23,15-22(33-32)25(28)34)21(20)11-12-30(29,8)24(27)26(35)36/h11,17-20,22-25,33-34H,9-10,12-16,32H2,1-8H3,(H,35,36)/t18-,19+,20+,22?,23+,24-,25+,27-,28-,29-,30+,31+/m1/s1. The number of nitrogens with two attached hydrogens (primary N) is 1. The molecule has 4 aliphatic carbocycles. The van der Waals surface area contributed by atoms with E-state index in [9.17, 15) is 15.0 Å². The number of ether oxygens (including phenoxy) is 1. The van der Waals surface area contributed by atoms with Crippen molar-refractivity contribution in [2.24, 2.45) is 62.5 Å². The molecule has 0 aromatic rings. The van der Waals surface area contributed by atoms with Gasteiger partial charge in [0, 0.05) is 16.9 Å². The van der Waals surface area contributed by atoms with Crippen molar-refractivity contribution in [3.8, 4) is 0 Å². The van der Waals surface area contributed by atoms with Gasteiger partial charge in [0.1, 0.15) is 0 Å². The number of nitrogens with one attached hydrogen (secondary N) is 1. The maximum atomic E-state index is 13.2. The van der Waals surface area contributed by atoms with Crippen LogP contribution >= 0.6 is 0 Å². The second-order valence-corrected chi connectivity index (χ2v) is 15.1. The van der Waals surface area contributed by atoms with Gasteiger partial charge in [-0.2, -0.15) is 0 Å². The zero-order chi connectivity index (χ0) is 27.3. The molecule has 0 aromatic heterocycles. The summed E-state index contributed by atoms with van der Waals surface area (Å²) < 4.78 is 6.50. The van der Waals surface area contributed by atoms with Crippen molar-refractivity contribution in [1.29, 1.82) is 0 Å². The van der Waals surface area contributed by atoms with Gasteiger partial charge in [0.05, 0.1) is 24.7 Å². The van der Waals surface area contributed by atoms with Gasteiger partial charge in [0.15, 0.2) is 0 Å². The predicted molar refractivity (Wildman–Crippen MR) is 145 cm³/mol. The number of carboxylic acids is 1. The first kappa shape index (κ1) is 27.6. The van der Waals surface area contributed by atoms with E-state index in [1.54, 1.807) is 0 Å². The van der Waals surface area contributed by atoms with Gasteiger partial charge in [-0.25, -0.2) is 0 Å². The highest BCUT2D eigenvalue weighted by atomic mass is 16.5. The van der Waals surface area contributed by atoms with E-state index in [1.165, 1.54) is 5.57 Å². The Labute approximate surface area is 224 Å². The molecule has 0 spiro atoms. The Bertz CT molecular complexity index is 982. The number of allylic oxidation sites excluding steroid dienone is 1. The quantitative estimate of drug-likeness (QED) is 0.234. The minimum atomic E-state index is -0.623. The van der Waals surface area contributed by atoms with E-state index < -0.39 is 12.1 Å². The molecule has 5 aliphatic rings. The Morgan fingerprint density at radius 2 is 1.81 bits per heavy atom. The zero-order valence-corrected chi connectivity index (χ0v) is 24.4. The lowest BCUT2D eigenvalue weighted by molar-refractivity contribution is -0.258. The van der Waals surface area contributed by atoms with Crippen LogP contribution in [0.3, 0.4) is 0 Å². The maximum absolute atomic E-state index is 13.2. The summed E-state index contributed by atoms with van der Waals surface area (Å²) in [6.45, 7) is 18.7. The Balaban J connectivity index is 1.65. The summed E-state index contributed by atoms with van der Waals surface area (Å²) >= 11 is 0. The maximum Gasteiger partial charge on any atom is 0.307 e. The average molecular weight is 517 g/mol. The molecular formula is C31H52N2O4. The van der Waals surface area contributed by atoms with Crippen LogP contribution in [0.15, 0.2) is 11.6 Å². The number of carbonyl (C=O) groups is 1. The summed E-state index contributed by atoms with van der Waals surface area (Å²) in [5.41, 5.74) is 3.26. The summed E-state index contributed by atoms with van der Waals surface area (Å²) in [5.74, 6) is 6.46. The summed E-state index contributed by atoms with van der Waals surface area (Å²) in [4.78, 5) is 13.2. The van der Waals surface area contributed by atoms with Gasteiger partial charge in [-0.05, 0) is 85.4 Å². The fourth-order valence-electron chi connectivity index (χ4n) is 11.1. The third kappa shape index (κ3) is 3.22. The zero-order valence-electron chi connectivity index (χ0n) is 24.4. The van der Waals surface area contributed by atoms with E-state index in [0.29, 0.717) is 30.3 Å². The van der Waals surface area contributed by atoms with Crippen molar-refractivity contribution in [3.05, 3.63) is 11.6 Å². The van der Waals surface area contributed by atoms with E-state index in [-0.39, 0.29) is 45.1 Å². The monoisotopic (exact) mass is 516 g/mol. The predicted octanol–water partition coefficient (Wildman–Crippen LogP) is 5.16. The van der Waals surface area contributed by atoms with Crippen LogP contribution in [0.25, 0.3) is 0 Å². The second kappa shape index (κ2) is 8.52. The molecule has 1 aliphatic heterocycles. The van der Waals surface area contributed by atoms with Crippen LogP contribution in [0, 0.1) is 56.7 Å². The largest absolute Gasteiger partial charge is 0.481 e. The summed E-state index contributed by atoms with van der Waals surface area (Å²) in [7, 11) is 0. The fraction of sp³-hybridized carbons (Fsp3) is 0.903. The molecule has 1 heterocycles. The van der Waals surface area contributed by atoms with E-state index in [4.69, 9.17) is 10.6 Å². The van der Waals surface area contributed by atoms with Gasteiger partial charge in [-0.1, -0.05) is 60.1 Å². The molecular weight excluding hydrogens is 464 g/mol. The highest BCUT2D eigenvalue weighted by Crippen LogP contribution is 2.75. The molecule has 5 rings (SSSR count). The Kier molecular flexibility index (Phi) is 6.36. The molecule has 1 unspecified atom stereocenters. The lowest BCUT2D eigenvalue weighted by Crippen LogP contribution is -2.73. The van der Waals surface area contributed by atoms with Crippen LogP contribution in [-0.2, 0) is 9.53 Å². The van der Waals surface area contributed by atoms with E-state index in [0.717, 1.165) is 38.5 Å². The summed E-state index contributed by atoms with van der Waals surface area (Å²) in [5, 5.41) is 22.2. The Morgan fingerprint density at radius 1 is 1.14 bits per heavy atom. The van der Waals surface area contributed by atoms with Crippen LogP contribution < -0.4 is 11.3 Å². The van der Waals surface area contributed by atoms with Crippen LogP contribution in [0.2, 0.25) is 0 Å². The first-order chi connectivity index (χ1) is 17.1. The first-order valence-corrected chi connectivity index (χ1v) is 14.8. The van der Waals surface area contributed by atoms with E-state index in [2.05, 4.69) is 66.9 Å². The number of hydrogen-bond acceptors (Lipinski definition) is 5. The van der Waals surface area contributed by atoms with Gasteiger partial charge in [0.25, 0.3) is 0 Å². The van der Waals surface area contributed by atoms with Gasteiger partial charge >= 0.3 is 5.97 Å². The number of aliphatic hydroxyl groups is 1. The van der Waals surface area contributed by atoms with Gasteiger partial charge in [-0.3, -0.25) is 16.1 Å². The molecule has 37 heavy (non-hydrogen) atoms. The van der Waals surface area contributed by atoms with E-state index in [1.807, 2.05) is 0 Å². The van der Waals surface area contributed by atoms with Gasteiger partial charge in [0.2, 0.25) is 0 Å². The van der Waals surface area contributed by atoms with Crippen molar-refractivity contribution in [1.82, 2.24) is 5.43 Å². The van der Waals surface area contributed by atoms with Gasteiger partial charge < -0.3 is 14.9 Å². The number of carboxylic acid groups (broad SMARTS) is 1. The molecule has 1 saturated heterocycles. The minimum Gasteiger partial charge on any atom is -0.481 e. The topological polar surface area (TPSA) is 105 Å². The van der Waals surface area contributed by atoms with Crippen molar-refractivity contribution in [2.75, 3.05) is 6.61 Å². The number of aliphatic carboxylic acids is 1. The Morgan fingerprint density at radius 3 is 2.41 bits per heavy atom. The molecule has 0 amide bonds. The molecule has 4 fully saturated rings. The molecule has 210 valence electrons. The number of fused-ring (bicyclic) bond motifs is 3. The van der Waals surface area contributed by atoms with Gasteiger partial charge in [-0.15, -0.1) is 0 Å². The summed E-state index contributed by atoms with van der Waals surface area (Å²) in [6.07, 6.45) is 7.61. The number of hydrazine groups is 1. The van der Waals surface area contributed by atoms with Crippen molar-refractivity contribution < 1.29 is 19.7 Å². The van der Waals surface area contributed by atoms with Crippen LogP contribution in [0.4, 0.5) is 0 Å². The average Bonchev–Trinajstić information content (AvgIpc) is 2.84. The molecule has 6 heteroatoms. The number of rotatable bonds is 4. The molecule has 2 bridgehead atoms. The van der Waals surface area contributed by atoms with Crippen LogP contribution in [0.5, 0.6) is 0 Å². The third-order valence-electron chi connectivity index (χ3n) is 13.9. The first-order valence-electron chi connectivity index (χ1n) is 14.8. The molecule has 3 saturated carbocycles. The van der Waals surface area contributed by atoms with Crippen molar-refractivity contribution in [2.45, 2.75) is 112 Å². The summed E-state index contributed by atoms with van der Waals surface area (Å²) in [6, 6.07) is -0.179. The number of aliphatic hydroxyl groups excluding tert-OH is 1. The second-order valence-electron chi connectivity index (χ2n) is 15.1. The number of hydrogen-bond donors (Lipinski definition) is 4.